The highest BCUT2D eigenvalue weighted by molar-refractivity contribution is 14.1. The van der Waals surface area contributed by atoms with Crippen LogP contribution in [0.2, 0.25) is 0 Å². The molecule has 0 amide bonds. The van der Waals surface area contributed by atoms with Gasteiger partial charge in [-0.3, -0.25) is 0 Å². The molecule has 1 aromatic rings. The molecule has 0 aliphatic heterocycles. The van der Waals surface area contributed by atoms with E-state index in [0.717, 1.165) is 23.7 Å². The fourth-order valence-corrected chi connectivity index (χ4v) is 4.30. The Kier molecular flexibility index (Phi) is 4.17. The van der Waals surface area contributed by atoms with E-state index in [0.29, 0.717) is 0 Å². The summed E-state index contributed by atoms with van der Waals surface area (Å²) in [7, 11) is 0. The lowest BCUT2D eigenvalue weighted by atomic mass is 9.66. The first-order valence-electron chi connectivity index (χ1n) is 6.76. The zero-order valence-electron chi connectivity index (χ0n) is 11.3. The number of hydrogen-bond donors (Lipinski definition) is 0. The molecular weight excluding hydrogens is 319 g/mol. The van der Waals surface area contributed by atoms with Gasteiger partial charge < -0.3 is 0 Å². The maximum Gasteiger partial charge on any atom is 0.0167 e. The van der Waals surface area contributed by atoms with Gasteiger partial charge in [0.15, 0.2) is 0 Å². The first-order chi connectivity index (χ1) is 8.00. The molecule has 0 spiro atoms. The normalized spacial score (nSPS) is 33.7. The number of rotatable bonds is 1. The minimum absolute atomic E-state index is 0.772. The first-order valence-corrected chi connectivity index (χ1v) is 7.84. The number of benzene rings is 1. The predicted molar refractivity (Wildman–Crippen MR) is 83.4 cm³/mol. The van der Waals surface area contributed by atoms with Crippen molar-refractivity contribution < 1.29 is 0 Å². The number of hydrogen-bond acceptors (Lipinski definition) is 0. The highest BCUT2D eigenvalue weighted by Crippen LogP contribution is 2.44. The van der Waals surface area contributed by atoms with E-state index in [2.05, 4.69) is 68.5 Å². The van der Waals surface area contributed by atoms with Gasteiger partial charge in [-0.2, -0.15) is 0 Å². The van der Waals surface area contributed by atoms with Gasteiger partial charge in [-0.05, 0) is 77.7 Å². The predicted octanol–water partition coefficient (Wildman–Crippen LogP) is 5.39. The molecule has 0 saturated heterocycles. The van der Waals surface area contributed by atoms with Crippen molar-refractivity contribution >= 4 is 22.6 Å². The number of aryl methyl sites for hydroxylation is 1. The molecule has 2 rings (SSSR count). The van der Waals surface area contributed by atoms with Crippen LogP contribution in [0.4, 0.5) is 0 Å². The van der Waals surface area contributed by atoms with Crippen LogP contribution in [0.1, 0.15) is 50.7 Å². The van der Waals surface area contributed by atoms with E-state index in [9.17, 15) is 0 Å². The third kappa shape index (κ3) is 2.69. The molecule has 4 unspecified atom stereocenters. The van der Waals surface area contributed by atoms with Crippen LogP contribution in [0.15, 0.2) is 18.2 Å². The van der Waals surface area contributed by atoms with Crippen LogP contribution in [0.25, 0.3) is 0 Å². The Labute approximate surface area is 119 Å². The van der Waals surface area contributed by atoms with Crippen LogP contribution < -0.4 is 0 Å². The Morgan fingerprint density at radius 3 is 2.41 bits per heavy atom. The molecule has 0 radical (unpaired) electrons. The minimum atomic E-state index is 0.772. The van der Waals surface area contributed by atoms with Gasteiger partial charge >= 0.3 is 0 Å². The van der Waals surface area contributed by atoms with Crippen molar-refractivity contribution in [2.75, 3.05) is 0 Å². The minimum Gasteiger partial charge on any atom is -0.0622 e. The summed E-state index contributed by atoms with van der Waals surface area (Å²) in [5, 5.41) is 0. The summed E-state index contributed by atoms with van der Waals surface area (Å²) in [5.41, 5.74) is 2.96. The Morgan fingerprint density at radius 2 is 1.76 bits per heavy atom. The molecule has 1 aromatic carbocycles. The average Bonchev–Trinajstić information content (AvgIpc) is 2.28. The van der Waals surface area contributed by atoms with Crippen LogP contribution in [0.5, 0.6) is 0 Å². The maximum atomic E-state index is 2.51. The van der Waals surface area contributed by atoms with Gasteiger partial charge in [0.1, 0.15) is 0 Å². The lowest BCUT2D eigenvalue weighted by Gasteiger charge is -2.39. The van der Waals surface area contributed by atoms with E-state index in [-0.39, 0.29) is 0 Å². The Balaban J connectivity index is 2.28. The van der Waals surface area contributed by atoms with Gasteiger partial charge in [-0.1, -0.05) is 38.5 Å². The molecule has 0 heterocycles. The number of halogens is 1. The summed E-state index contributed by atoms with van der Waals surface area (Å²) in [4.78, 5) is 0. The third-order valence-electron chi connectivity index (χ3n) is 4.85. The molecular formula is C16H23I. The largest absolute Gasteiger partial charge is 0.0622 e. The van der Waals surface area contributed by atoms with E-state index >= 15 is 0 Å². The summed E-state index contributed by atoms with van der Waals surface area (Å²) in [6.07, 6.45) is 2.76. The van der Waals surface area contributed by atoms with E-state index < -0.39 is 0 Å². The molecule has 0 nitrogen and oxygen atoms in total. The molecule has 0 bridgehead atoms. The van der Waals surface area contributed by atoms with E-state index in [1.165, 1.54) is 22.0 Å². The zero-order valence-corrected chi connectivity index (χ0v) is 13.5. The lowest BCUT2D eigenvalue weighted by Crippen LogP contribution is -2.28. The van der Waals surface area contributed by atoms with Gasteiger partial charge in [0.05, 0.1) is 0 Å². The summed E-state index contributed by atoms with van der Waals surface area (Å²) in [6, 6.07) is 6.96. The molecule has 1 saturated carbocycles. The fraction of sp³-hybridized carbons (Fsp3) is 0.625. The Morgan fingerprint density at radius 1 is 1.06 bits per heavy atom. The lowest BCUT2D eigenvalue weighted by molar-refractivity contribution is 0.168. The molecule has 17 heavy (non-hydrogen) atoms. The molecule has 4 atom stereocenters. The average molecular weight is 342 g/mol. The van der Waals surface area contributed by atoms with Crippen molar-refractivity contribution in [2.24, 2.45) is 17.8 Å². The van der Waals surface area contributed by atoms with E-state index in [1.807, 2.05) is 0 Å². The van der Waals surface area contributed by atoms with Crippen molar-refractivity contribution in [1.29, 1.82) is 0 Å². The van der Waals surface area contributed by atoms with E-state index in [4.69, 9.17) is 0 Å². The fourth-order valence-electron chi connectivity index (χ4n) is 3.22. The van der Waals surface area contributed by atoms with E-state index in [1.54, 1.807) is 5.56 Å². The van der Waals surface area contributed by atoms with Crippen LogP contribution in [-0.2, 0) is 0 Å². The van der Waals surface area contributed by atoms with Gasteiger partial charge in [0.25, 0.3) is 0 Å². The second kappa shape index (κ2) is 5.29. The summed E-state index contributed by atoms with van der Waals surface area (Å²) >= 11 is 2.51. The molecule has 1 aliphatic rings. The van der Waals surface area contributed by atoms with Crippen LogP contribution >= 0.6 is 22.6 Å². The first kappa shape index (κ1) is 13.4. The standard InChI is InChI=1S/C16H23I/c1-10-5-7-15(16(17)9-10)14-8-6-11(2)12(3)13(14)4/h5,7,9,11-14H,6,8H2,1-4H3. The second-order valence-electron chi connectivity index (χ2n) is 5.90. The van der Waals surface area contributed by atoms with Crippen molar-refractivity contribution in [1.82, 2.24) is 0 Å². The van der Waals surface area contributed by atoms with Gasteiger partial charge in [0, 0.05) is 3.57 Å². The van der Waals surface area contributed by atoms with Gasteiger partial charge in [-0.25, -0.2) is 0 Å². The molecule has 1 fully saturated rings. The van der Waals surface area contributed by atoms with Crippen molar-refractivity contribution in [3.8, 4) is 0 Å². The maximum absolute atomic E-state index is 2.51. The van der Waals surface area contributed by atoms with Crippen LogP contribution in [0.3, 0.4) is 0 Å². The molecule has 1 heteroatoms. The van der Waals surface area contributed by atoms with Crippen molar-refractivity contribution in [3.05, 3.63) is 32.9 Å². The molecule has 0 aromatic heterocycles. The smallest absolute Gasteiger partial charge is 0.0167 e. The van der Waals surface area contributed by atoms with Crippen LogP contribution in [-0.4, -0.2) is 0 Å². The van der Waals surface area contributed by atoms with Gasteiger partial charge in [-0.15, -0.1) is 0 Å². The Hall–Kier alpha value is -0.0500. The van der Waals surface area contributed by atoms with Crippen molar-refractivity contribution in [2.45, 2.75) is 46.5 Å². The Bertz CT molecular complexity index is 397. The monoisotopic (exact) mass is 342 g/mol. The molecule has 0 N–H and O–H groups in total. The van der Waals surface area contributed by atoms with Gasteiger partial charge in [0.2, 0.25) is 0 Å². The summed E-state index contributed by atoms with van der Waals surface area (Å²) in [6.45, 7) is 9.47. The highest BCUT2D eigenvalue weighted by Gasteiger charge is 2.33. The molecule has 94 valence electrons. The topological polar surface area (TPSA) is 0 Å². The van der Waals surface area contributed by atoms with Crippen LogP contribution in [0, 0.1) is 28.2 Å². The third-order valence-corrected chi connectivity index (χ3v) is 5.78. The SMILES string of the molecule is Cc1ccc(C2CCC(C)C(C)C2C)c(I)c1. The second-order valence-corrected chi connectivity index (χ2v) is 7.07. The summed E-state index contributed by atoms with van der Waals surface area (Å²) in [5.74, 6) is 3.33. The zero-order chi connectivity index (χ0) is 12.6. The highest BCUT2D eigenvalue weighted by atomic mass is 127. The van der Waals surface area contributed by atoms with Crippen molar-refractivity contribution in [3.63, 3.8) is 0 Å². The summed E-state index contributed by atoms with van der Waals surface area (Å²) < 4.78 is 1.46. The molecule has 1 aliphatic carbocycles. The quantitative estimate of drug-likeness (QED) is 0.601.